The van der Waals surface area contributed by atoms with Crippen LogP contribution in [0.2, 0.25) is 0 Å². The lowest BCUT2D eigenvalue weighted by Gasteiger charge is -2.18. The van der Waals surface area contributed by atoms with Crippen molar-refractivity contribution in [3.8, 4) is 0 Å². The minimum Gasteiger partial charge on any atom is -0.444 e. The number of ether oxygens (including phenoxy) is 1. The number of benzene rings is 1. The predicted molar refractivity (Wildman–Crippen MR) is 97.0 cm³/mol. The van der Waals surface area contributed by atoms with Crippen LogP contribution in [0.5, 0.6) is 0 Å². The van der Waals surface area contributed by atoms with Crippen molar-refractivity contribution in [2.75, 3.05) is 10.6 Å². The molecule has 6 nitrogen and oxygen atoms in total. The van der Waals surface area contributed by atoms with Crippen molar-refractivity contribution < 1.29 is 13.9 Å². The second-order valence-electron chi connectivity index (χ2n) is 6.32. The molecule has 2 heterocycles. The fourth-order valence-electron chi connectivity index (χ4n) is 2.09. The molecule has 130 valence electrons. The molecule has 3 aromatic rings. The van der Waals surface area contributed by atoms with E-state index in [2.05, 4.69) is 20.6 Å². The molecular weight excluding hydrogens is 343 g/mol. The summed E-state index contributed by atoms with van der Waals surface area (Å²) >= 11 is 1.33. The molecule has 0 saturated carbocycles. The van der Waals surface area contributed by atoms with E-state index >= 15 is 0 Å². The molecule has 8 heteroatoms. The molecule has 0 aliphatic carbocycles. The molecule has 0 spiro atoms. The quantitative estimate of drug-likeness (QED) is 0.648. The largest absolute Gasteiger partial charge is 0.444 e. The Balaban J connectivity index is 1.76. The van der Waals surface area contributed by atoms with Gasteiger partial charge in [0.15, 0.2) is 5.13 Å². The molecule has 1 aromatic carbocycles. The predicted octanol–water partition coefficient (Wildman–Crippen LogP) is 4.92. The fourth-order valence-corrected chi connectivity index (χ4v) is 2.98. The summed E-state index contributed by atoms with van der Waals surface area (Å²) in [7, 11) is 0. The number of anilines is 3. The molecule has 2 N–H and O–H groups in total. The summed E-state index contributed by atoms with van der Waals surface area (Å²) < 4.78 is 19.2. The van der Waals surface area contributed by atoms with Crippen molar-refractivity contribution in [1.82, 2.24) is 9.97 Å². The van der Waals surface area contributed by atoms with Crippen molar-refractivity contribution in [1.29, 1.82) is 0 Å². The summed E-state index contributed by atoms with van der Waals surface area (Å²) in [5.41, 5.74) is 1.56. The summed E-state index contributed by atoms with van der Waals surface area (Å²) in [4.78, 5) is 19.7. The molecule has 25 heavy (non-hydrogen) atoms. The van der Waals surface area contributed by atoms with Gasteiger partial charge in [-0.25, -0.2) is 14.8 Å². The van der Waals surface area contributed by atoms with E-state index in [0.29, 0.717) is 10.8 Å². The van der Waals surface area contributed by atoms with Gasteiger partial charge in [0.05, 0.1) is 10.2 Å². The number of amides is 1. The maximum absolute atomic E-state index is 13.2. The average Bonchev–Trinajstić information content (AvgIpc) is 2.86. The minimum atomic E-state index is -0.572. The van der Waals surface area contributed by atoms with E-state index in [-0.39, 0.29) is 0 Å². The van der Waals surface area contributed by atoms with E-state index in [1.165, 1.54) is 23.6 Å². The lowest BCUT2D eigenvalue weighted by Crippen LogP contribution is -2.27. The number of thiazole rings is 1. The monoisotopic (exact) mass is 360 g/mol. The van der Waals surface area contributed by atoms with Crippen LogP contribution < -0.4 is 10.6 Å². The number of rotatable bonds is 3. The zero-order valence-corrected chi connectivity index (χ0v) is 14.8. The van der Waals surface area contributed by atoms with Gasteiger partial charge in [0.2, 0.25) is 5.95 Å². The van der Waals surface area contributed by atoms with E-state index < -0.39 is 17.6 Å². The van der Waals surface area contributed by atoms with Crippen LogP contribution in [0.3, 0.4) is 0 Å². The van der Waals surface area contributed by atoms with Crippen LogP contribution in [0, 0.1) is 5.95 Å². The van der Waals surface area contributed by atoms with Crippen LogP contribution >= 0.6 is 11.3 Å². The third-order valence-electron chi connectivity index (χ3n) is 3.01. The molecule has 0 radical (unpaired) electrons. The van der Waals surface area contributed by atoms with Gasteiger partial charge >= 0.3 is 6.09 Å². The molecule has 0 saturated heterocycles. The van der Waals surface area contributed by atoms with Gasteiger partial charge in [-0.3, -0.25) is 5.32 Å². The first-order chi connectivity index (χ1) is 11.8. The molecule has 2 aromatic heterocycles. The number of halogens is 1. The topological polar surface area (TPSA) is 76.1 Å². The number of carbonyl (C=O) groups is 1. The van der Waals surface area contributed by atoms with Crippen LogP contribution in [0.1, 0.15) is 20.8 Å². The highest BCUT2D eigenvalue weighted by molar-refractivity contribution is 7.22. The number of nitrogens with one attached hydrogen (secondary N) is 2. The van der Waals surface area contributed by atoms with Gasteiger partial charge in [-0.2, -0.15) is 4.39 Å². The number of nitrogens with zero attached hydrogens (tertiary/aromatic N) is 2. The smallest absolute Gasteiger partial charge is 0.413 e. The molecule has 0 fully saturated rings. The Morgan fingerprint density at radius 1 is 1.20 bits per heavy atom. The maximum Gasteiger partial charge on any atom is 0.413 e. The van der Waals surface area contributed by atoms with Crippen LogP contribution in [0.25, 0.3) is 10.2 Å². The van der Waals surface area contributed by atoms with Crippen molar-refractivity contribution in [3.05, 3.63) is 42.5 Å². The minimum absolute atomic E-state index is 0.455. The highest BCUT2D eigenvalue weighted by atomic mass is 32.1. The van der Waals surface area contributed by atoms with Crippen LogP contribution in [-0.4, -0.2) is 21.7 Å². The van der Waals surface area contributed by atoms with Gasteiger partial charge in [0.25, 0.3) is 0 Å². The number of fused-ring (bicyclic) bond motifs is 1. The average molecular weight is 360 g/mol. The lowest BCUT2D eigenvalue weighted by molar-refractivity contribution is 0.0636. The zero-order chi connectivity index (χ0) is 18.0. The first-order valence-corrected chi connectivity index (χ1v) is 8.39. The van der Waals surface area contributed by atoms with E-state index in [9.17, 15) is 9.18 Å². The van der Waals surface area contributed by atoms with Gasteiger partial charge < -0.3 is 10.1 Å². The Labute approximate surface area is 148 Å². The van der Waals surface area contributed by atoms with Crippen molar-refractivity contribution in [3.63, 3.8) is 0 Å². The fraction of sp³-hybridized carbons (Fsp3) is 0.235. The Hall–Kier alpha value is -2.74. The van der Waals surface area contributed by atoms with Crippen LogP contribution in [-0.2, 0) is 4.74 Å². The lowest BCUT2D eigenvalue weighted by atomic mass is 10.2. The third kappa shape index (κ3) is 4.63. The van der Waals surface area contributed by atoms with Gasteiger partial charge in [-0.05, 0) is 45.0 Å². The highest BCUT2D eigenvalue weighted by Crippen LogP contribution is 2.29. The Kier molecular flexibility index (Phi) is 4.54. The molecule has 0 aliphatic heterocycles. The van der Waals surface area contributed by atoms with Crippen molar-refractivity contribution in [2.45, 2.75) is 26.4 Å². The molecule has 3 rings (SSSR count). The van der Waals surface area contributed by atoms with Crippen LogP contribution in [0.15, 0.2) is 36.5 Å². The number of carbonyl (C=O) groups excluding carboxylic acids is 1. The van der Waals surface area contributed by atoms with E-state index in [1.54, 1.807) is 26.8 Å². The number of aromatic nitrogens is 2. The number of hydrogen-bond acceptors (Lipinski definition) is 6. The number of pyridine rings is 1. The zero-order valence-electron chi connectivity index (χ0n) is 14.0. The Morgan fingerprint density at radius 3 is 2.68 bits per heavy atom. The van der Waals surface area contributed by atoms with Crippen LogP contribution in [0.4, 0.5) is 25.7 Å². The molecule has 1 amide bonds. The first kappa shape index (κ1) is 17.1. The summed E-state index contributed by atoms with van der Waals surface area (Å²) in [6.45, 7) is 5.39. The van der Waals surface area contributed by atoms with Crippen molar-refractivity contribution >= 4 is 44.2 Å². The van der Waals surface area contributed by atoms with E-state index in [1.807, 2.05) is 18.2 Å². The van der Waals surface area contributed by atoms with Gasteiger partial charge in [-0.15, -0.1) is 0 Å². The molecule has 0 unspecified atom stereocenters. The maximum atomic E-state index is 13.2. The van der Waals surface area contributed by atoms with Gasteiger partial charge in [-0.1, -0.05) is 11.3 Å². The normalized spacial score (nSPS) is 11.4. The SMILES string of the molecule is CC(C)(C)OC(=O)Nc1nc2ccc(Nc3ccnc(F)c3)cc2s1. The van der Waals surface area contributed by atoms with E-state index in [4.69, 9.17) is 4.74 Å². The highest BCUT2D eigenvalue weighted by Gasteiger charge is 2.17. The number of hydrogen-bond donors (Lipinski definition) is 2. The summed E-state index contributed by atoms with van der Waals surface area (Å²) in [6.07, 6.45) is 0.850. The Morgan fingerprint density at radius 2 is 1.96 bits per heavy atom. The summed E-state index contributed by atoms with van der Waals surface area (Å²) in [5.74, 6) is -0.548. The summed E-state index contributed by atoms with van der Waals surface area (Å²) in [5, 5.41) is 6.19. The standard InChI is InChI=1S/C17H17FN4O2S/c1-17(2,3)24-16(23)22-15-21-12-5-4-10(8-13(12)25-15)20-11-6-7-19-14(18)9-11/h4-9H,1-3H3,(H,19,20)(H,21,22,23). The van der Waals surface area contributed by atoms with Gasteiger partial charge in [0.1, 0.15) is 5.60 Å². The van der Waals surface area contributed by atoms with Crippen molar-refractivity contribution in [2.24, 2.45) is 0 Å². The van der Waals surface area contributed by atoms with E-state index in [0.717, 1.165) is 15.9 Å². The molecular formula is C17H17FN4O2S. The molecule has 0 atom stereocenters. The second-order valence-corrected chi connectivity index (χ2v) is 7.35. The summed E-state index contributed by atoms with van der Waals surface area (Å²) in [6, 6.07) is 8.52. The molecule has 0 bridgehead atoms. The first-order valence-electron chi connectivity index (χ1n) is 7.58. The Bertz CT molecular complexity index is 920. The van der Waals surface area contributed by atoms with Gasteiger partial charge in [0, 0.05) is 23.6 Å². The third-order valence-corrected chi connectivity index (χ3v) is 3.95. The second kappa shape index (κ2) is 6.64. The molecule has 0 aliphatic rings.